The Labute approximate surface area is 95.3 Å². The van der Waals surface area contributed by atoms with Crippen LogP contribution in [0.5, 0.6) is 0 Å². The molecule has 2 heterocycles. The first-order valence-electron chi connectivity index (χ1n) is 5.97. The molecule has 2 amide bonds. The monoisotopic (exact) mass is 225 g/mol. The van der Waals surface area contributed by atoms with Crippen molar-refractivity contribution < 1.29 is 9.59 Å². The summed E-state index contributed by atoms with van der Waals surface area (Å²) in [6.45, 7) is 3.06. The van der Waals surface area contributed by atoms with Crippen molar-refractivity contribution in [2.24, 2.45) is 17.6 Å². The largest absolute Gasteiger partial charge is 0.369 e. The van der Waals surface area contributed by atoms with Crippen molar-refractivity contribution >= 4 is 11.8 Å². The van der Waals surface area contributed by atoms with E-state index < -0.39 is 0 Å². The number of carbonyl (C=O) groups is 2. The van der Waals surface area contributed by atoms with Gasteiger partial charge in [0.1, 0.15) is 0 Å². The van der Waals surface area contributed by atoms with Crippen molar-refractivity contribution in [3.8, 4) is 0 Å². The van der Waals surface area contributed by atoms with E-state index in [-0.39, 0.29) is 23.7 Å². The van der Waals surface area contributed by atoms with Gasteiger partial charge in [0, 0.05) is 19.0 Å². The Kier molecular flexibility index (Phi) is 3.43. The van der Waals surface area contributed by atoms with Gasteiger partial charge in [0.2, 0.25) is 11.8 Å². The van der Waals surface area contributed by atoms with Crippen molar-refractivity contribution in [1.82, 2.24) is 10.2 Å². The van der Waals surface area contributed by atoms with Crippen LogP contribution in [0.3, 0.4) is 0 Å². The summed E-state index contributed by atoms with van der Waals surface area (Å²) in [6.07, 6.45) is 2.55. The summed E-state index contributed by atoms with van der Waals surface area (Å²) in [5.41, 5.74) is 5.25. The first-order valence-corrected chi connectivity index (χ1v) is 5.97. The zero-order valence-electron chi connectivity index (χ0n) is 9.45. The van der Waals surface area contributed by atoms with Gasteiger partial charge >= 0.3 is 0 Å². The van der Waals surface area contributed by atoms with Crippen LogP contribution in [-0.4, -0.2) is 42.9 Å². The molecule has 2 aliphatic rings. The molecular weight excluding hydrogens is 206 g/mol. The van der Waals surface area contributed by atoms with Crippen LogP contribution in [0.15, 0.2) is 0 Å². The molecule has 90 valence electrons. The van der Waals surface area contributed by atoms with Gasteiger partial charge in [-0.15, -0.1) is 0 Å². The lowest BCUT2D eigenvalue weighted by atomic mass is 9.97. The smallest absolute Gasteiger partial charge is 0.225 e. The Balaban J connectivity index is 1.88. The average molecular weight is 225 g/mol. The molecule has 5 nitrogen and oxygen atoms in total. The number of piperidine rings is 1. The van der Waals surface area contributed by atoms with Gasteiger partial charge < -0.3 is 16.0 Å². The fraction of sp³-hybridized carbons (Fsp3) is 0.818. The predicted octanol–water partition coefficient (Wildman–Crippen LogP) is -0.680. The minimum Gasteiger partial charge on any atom is -0.369 e. The van der Waals surface area contributed by atoms with Crippen LogP contribution in [0.1, 0.15) is 19.3 Å². The molecule has 2 fully saturated rings. The van der Waals surface area contributed by atoms with E-state index in [4.69, 9.17) is 5.73 Å². The molecule has 0 aromatic heterocycles. The quantitative estimate of drug-likeness (QED) is 0.654. The molecule has 0 radical (unpaired) electrons. The maximum Gasteiger partial charge on any atom is 0.225 e. The SMILES string of the molecule is NC(=O)C1CCN(C(=O)C2CCNCC2)C1. The normalized spacial score (nSPS) is 27.0. The summed E-state index contributed by atoms with van der Waals surface area (Å²) in [6, 6.07) is 0. The van der Waals surface area contributed by atoms with Crippen molar-refractivity contribution in [3.05, 3.63) is 0 Å². The Morgan fingerprint density at radius 2 is 1.81 bits per heavy atom. The fourth-order valence-electron chi connectivity index (χ4n) is 2.52. The molecule has 0 bridgehead atoms. The number of primary amides is 1. The Hall–Kier alpha value is -1.10. The third-order valence-electron chi connectivity index (χ3n) is 3.59. The summed E-state index contributed by atoms with van der Waals surface area (Å²) in [5, 5.41) is 3.24. The van der Waals surface area contributed by atoms with E-state index in [0.717, 1.165) is 32.4 Å². The molecule has 16 heavy (non-hydrogen) atoms. The van der Waals surface area contributed by atoms with Crippen LogP contribution in [0.2, 0.25) is 0 Å². The van der Waals surface area contributed by atoms with Gasteiger partial charge in [-0.05, 0) is 32.4 Å². The second-order valence-electron chi connectivity index (χ2n) is 4.70. The van der Waals surface area contributed by atoms with E-state index in [1.165, 1.54) is 0 Å². The van der Waals surface area contributed by atoms with Crippen molar-refractivity contribution in [3.63, 3.8) is 0 Å². The summed E-state index contributed by atoms with van der Waals surface area (Å²) in [4.78, 5) is 24.9. The number of likely N-dealkylation sites (tertiary alicyclic amines) is 1. The fourth-order valence-corrected chi connectivity index (χ4v) is 2.52. The summed E-state index contributed by atoms with van der Waals surface area (Å²) >= 11 is 0. The molecule has 0 aliphatic carbocycles. The van der Waals surface area contributed by atoms with Gasteiger partial charge in [0.25, 0.3) is 0 Å². The topological polar surface area (TPSA) is 75.4 Å². The number of amides is 2. The molecular formula is C11H19N3O2. The molecule has 0 aromatic carbocycles. The van der Waals surface area contributed by atoms with E-state index >= 15 is 0 Å². The van der Waals surface area contributed by atoms with E-state index in [1.807, 2.05) is 4.90 Å². The molecule has 0 aromatic rings. The predicted molar refractivity (Wildman–Crippen MR) is 59.5 cm³/mol. The number of hydrogen-bond acceptors (Lipinski definition) is 3. The molecule has 0 saturated carbocycles. The maximum absolute atomic E-state index is 12.1. The van der Waals surface area contributed by atoms with Crippen LogP contribution < -0.4 is 11.1 Å². The van der Waals surface area contributed by atoms with Gasteiger partial charge in [-0.2, -0.15) is 0 Å². The van der Waals surface area contributed by atoms with Gasteiger partial charge in [-0.25, -0.2) is 0 Å². The number of rotatable bonds is 2. The standard InChI is InChI=1S/C11H19N3O2/c12-10(15)9-3-6-14(7-9)11(16)8-1-4-13-5-2-8/h8-9,13H,1-7H2,(H2,12,15). The highest BCUT2D eigenvalue weighted by atomic mass is 16.2. The molecule has 0 spiro atoms. The zero-order valence-corrected chi connectivity index (χ0v) is 9.45. The number of nitrogens with one attached hydrogen (secondary N) is 1. The molecule has 1 atom stereocenters. The van der Waals surface area contributed by atoms with Crippen LogP contribution >= 0.6 is 0 Å². The van der Waals surface area contributed by atoms with Crippen LogP contribution in [0.4, 0.5) is 0 Å². The number of carbonyl (C=O) groups excluding carboxylic acids is 2. The van der Waals surface area contributed by atoms with Gasteiger partial charge in [0.15, 0.2) is 0 Å². The first kappa shape index (κ1) is 11.4. The number of nitrogens with two attached hydrogens (primary N) is 1. The van der Waals surface area contributed by atoms with Gasteiger partial charge in [-0.3, -0.25) is 9.59 Å². The van der Waals surface area contributed by atoms with Crippen molar-refractivity contribution in [1.29, 1.82) is 0 Å². The molecule has 3 N–H and O–H groups in total. The minimum absolute atomic E-state index is 0.134. The van der Waals surface area contributed by atoms with Crippen LogP contribution in [0.25, 0.3) is 0 Å². The van der Waals surface area contributed by atoms with Gasteiger partial charge in [0.05, 0.1) is 5.92 Å². The zero-order chi connectivity index (χ0) is 11.5. The minimum atomic E-state index is -0.277. The maximum atomic E-state index is 12.1. The lowest BCUT2D eigenvalue weighted by Crippen LogP contribution is -2.40. The Bertz CT molecular complexity index is 287. The molecule has 2 aliphatic heterocycles. The molecule has 1 unspecified atom stereocenters. The van der Waals surface area contributed by atoms with E-state index in [2.05, 4.69) is 5.32 Å². The lowest BCUT2D eigenvalue weighted by molar-refractivity contribution is -0.135. The Morgan fingerprint density at radius 1 is 1.12 bits per heavy atom. The molecule has 2 rings (SSSR count). The molecule has 5 heteroatoms. The summed E-state index contributed by atoms with van der Waals surface area (Å²) in [7, 11) is 0. The van der Waals surface area contributed by atoms with Crippen molar-refractivity contribution in [2.75, 3.05) is 26.2 Å². The van der Waals surface area contributed by atoms with Crippen molar-refractivity contribution in [2.45, 2.75) is 19.3 Å². The first-order chi connectivity index (χ1) is 7.68. The van der Waals surface area contributed by atoms with E-state index in [9.17, 15) is 9.59 Å². The second-order valence-corrected chi connectivity index (χ2v) is 4.70. The Morgan fingerprint density at radius 3 is 2.38 bits per heavy atom. The molecule has 2 saturated heterocycles. The second kappa shape index (κ2) is 4.82. The third kappa shape index (κ3) is 2.35. The summed E-state index contributed by atoms with van der Waals surface area (Å²) < 4.78 is 0. The van der Waals surface area contributed by atoms with Crippen LogP contribution in [-0.2, 0) is 9.59 Å². The highest BCUT2D eigenvalue weighted by Crippen LogP contribution is 2.21. The number of hydrogen-bond donors (Lipinski definition) is 2. The lowest BCUT2D eigenvalue weighted by Gasteiger charge is -2.26. The van der Waals surface area contributed by atoms with Gasteiger partial charge in [-0.1, -0.05) is 0 Å². The third-order valence-corrected chi connectivity index (χ3v) is 3.59. The van der Waals surface area contributed by atoms with E-state index in [0.29, 0.717) is 13.1 Å². The highest BCUT2D eigenvalue weighted by molar-refractivity contribution is 5.82. The number of nitrogens with zero attached hydrogens (tertiary/aromatic N) is 1. The van der Waals surface area contributed by atoms with E-state index in [1.54, 1.807) is 0 Å². The van der Waals surface area contributed by atoms with Crippen LogP contribution in [0, 0.1) is 11.8 Å². The summed E-state index contributed by atoms with van der Waals surface area (Å²) in [5.74, 6) is -0.0515. The average Bonchev–Trinajstić information content (AvgIpc) is 2.78. The highest BCUT2D eigenvalue weighted by Gasteiger charge is 2.33.